The van der Waals surface area contributed by atoms with Crippen LogP contribution in [0, 0.1) is 5.92 Å². The average Bonchev–Trinajstić information content (AvgIpc) is 3.31. The van der Waals surface area contributed by atoms with E-state index < -0.39 is 12.0 Å². The molecule has 1 atom stereocenters. The van der Waals surface area contributed by atoms with E-state index in [9.17, 15) is 9.59 Å². The predicted molar refractivity (Wildman–Crippen MR) is 149 cm³/mol. The summed E-state index contributed by atoms with van der Waals surface area (Å²) < 4.78 is 17.1. The van der Waals surface area contributed by atoms with Crippen molar-refractivity contribution in [3.63, 3.8) is 0 Å². The molecule has 0 fully saturated rings. The summed E-state index contributed by atoms with van der Waals surface area (Å²) in [5.41, 5.74) is 3.27. The molecular formula is C29H33N3O5S. The zero-order chi connectivity index (χ0) is 27.2. The number of aliphatic imine (C=N–C) groups is 1. The fourth-order valence-electron chi connectivity index (χ4n) is 4.40. The van der Waals surface area contributed by atoms with E-state index in [4.69, 9.17) is 19.2 Å². The number of rotatable bonds is 10. The molecule has 2 aliphatic rings. The van der Waals surface area contributed by atoms with Crippen LogP contribution in [0.5, 0.6) is 11.5 Å². The maximum atomic E-state index is 13.7. The molecule has 38 heavy (non-hydrogen) atoms. The Kier molecular flexibility index (Phi) is 8.78. The first-order valence-corrected chi connectivity index (χ1v) is 13.3. The SMILES string of the molecule is COc1cccc([C@H]2C(C(=O)OCc3ccccc3)=C(C)N=C3SC=C(CC(=O)NCC(C)C)N32)c1OC. The van der Waals surface area contributed by atoms with Crippen LogP contribution in [-0.2, 0) is 20.9 Å². The predicted octanol–water partition coefficient (Wildman–Crippen LogP) is 5.18. The smallest absolute Gasteiger partial charge is 0.338 e. The Morgan fingerprint density at radius 3 is 2.53 bits per heavy atom. The van der Waals surface area contributed by atoms with Crippen molar-refractivity contribution in [2.24, 2.45) is 10.9 Å². The lowest BCUT2D eigenvalue weighted by Gasteiger charge is -2.37. The third-order valence-electron chi connectivity index (χ3n) is 6.21. The molecule has 9 heteroatoms. The second-order valence-electron chi connectivity index (χ2n) is 9.41. The number of ether oxygens (including phenoxy) is 3. The summed E-state index contributed by atoms with van der Waals surface area (Å²) in [5.74, 6) is 0.800. The van der Waals surface area contributed by atoms with Crippen LogP contribution in [0.1, 0.15) is 44.4 Å². The van der Waals surface area contributed by atoms with Crippen LogP contribution in [-0.4, -0.2) is 42.7 Å². The first-order chi connectivity index (χ1) is 18.3. The maximum absolute atomic E-state index is 13.7. The number of methoxy groups -OCH3 is 2. The van der Waals surface area contributed by atoms with Gasteiger partial charge in [-0.25, -0.2) is 9.79 Å². The highest BCUT2D eigenvalue weighted by Crippen LogP contribution is 2.48. The van der Waals surface area contributed by atoms with Gasteiger partial charge in [-0.05, 0) is 29.9 Å². The molecule has 0 saturated heterocycles. The van der Waals surface area contributed by atoms with Crippen LogP contribution in [0.25, 0.3) is 0 Å². The molecule has 0 unspecified atom stereocenters. The van der Waals surface area contributed by atoms with E-state index in [2.05, 4.69) is 5.32 Å². The summed E-state index contributed by atoms with van der Waals surface area (Å²) in [6.07, 6.45) is 0.146. The number of carbonyl (C=O) groups is 2. The van der Waals surface area contributed by atoms with Gasteiger partial charge in [0.2, 0.25) is 5.91 Å². The molecule has 4 rings (SSSR count). The van der Waals surface area contributed by atoms with Gasteiger partial charge >= 0.3 is 5.97 Å². The number of para-hydroxylation sites is 1. The van der Waals surface area contributed by atoms with Crippen molar-refractivity contribution in [3.05, 3.63) is 82.0 Å². The molecule has 2 aromatic rings. The number of nitrogens with zero attached hydrogens (tertiary/aromatic N) is 2. The number of fused-ring (bicyclic) bond motifs is 1. The van der Waals surface area contributed by atoms with Crippen molar-refractivity contribution in [1.82, 2.24) is 10.2 Å². The molecule has 0 aliphatic carbocycles. The first kappa shape index (κ1) is 27.3. The van der Waals surface area contributed by atoms with Gasteiger partial charge in [0, 0.05) is 17.8 Å². The Hall–Kier alpha value is -3.72. The Morgan fingerprint density at radius 2 is 1.84 bits per heavy atom. The lowest BCUT2D eigenvalue weighted by molar-refractivity contribution is -0.141. The number of allylic oxidation sites excluding steroid dienone is 1. The number of hydrogen-bond acceptors (Lipinski definition) is 8. The minimum atomic E-state index is -0.630. The number of carbonyl (C=O) groups excluding carboxylic acids is 2. The zero-order valence-corrected chi connectivity index (χ0v) is 23.1. The summed E-state index contributed by atoms with van der Waals surface area (Å²) in [4.78, 5) is 33.1. The first-order valence-electron chi connectivity index (χ1n) is 12.5. The minimum absolute atomic E-state index is 0.0948. The van der Waals surface area contributed by atoms with E-state index in [0.717, 1.165) is 11.3 Å². The van der Waals surface area contributed by atoms with Crippen LogP contribution in [0.15, 0.2) is 75.9 Å². The molecule has 1 amide bonds. The van der Waals surface area contributed by atoms with E-state index in [0.29, 0.717) is 46.0 Å². The quantitative estimate of drug-likeness (QED) is 0.419. The number of nitrogens with one attached hydrogen (secondary N) is 1. The van der Waals surface area contributed by atoms with Crippen molar-refractivity contribution >= 4 is 28.8 Å². The van der Waals surface area contributed by atoms with Crippen molar-refractivity contribution in [2.75, 3.05) is 20.8 Å². The second kappa shape index (κ2) is 12.2. The molecule has 0 spiro atoms. The number of thioether (sulfide) groups is 1. The monoisotopic (exact) mass is 535 g/mol. The van der Waals surface area contributed by atoms with Gasteiger partial charge in [0.15, 0.2) is 16.7 Å². The van der Waals surface area contributed by atoms with E-state index >= 15 is 0 Å². The van der Waals surface area contributed by atoms with Crippen molar-refractivity contribution in [3.8, 4) is 11.5 Å². The minimum Gasteiger partial charge on any atom is -0.493 e. The Morgan fingerprint density at radius 1 is 1.08 bits per heavy atom. The highest BCUT2D eigenvalue weighted by molar-refractivity contribution is 8.16. The van der Waals surface area contributed by atoms with Crippen LogP contribution in [0.3, 0.4) is 0 Å². The molecule has 2 aromatic carbocycles. The average molecular weight is 536 g/mol. The molecule has 200 valence electrons. The molecule has 0 bridgehead atoms. The van der Waals surface area contributed by atoms with Gasteiger partial charge in [-0.1, -0.05) is 68.1 Å². The van der Waals surface area contributed by atoms with Gasteiger partial charge in [0.1, 0.15) is 6.61 Å². The Labute approximate surface area is 227 Å². The van der Waals surface area contributed by atoms with E-state index in [1.54, 1.807) is 27.2 Å². The summed E-state index contributed by atoms with van der Waals surface area (Å²) in [6.45, 7) is 6.61. The summed E-state index contributed by atoms with van der Waals surface area (Å²) in [7, 11) is 3.14. The van der Waals surface area contributed by atoms with Gasteiger partial charge < -0.3 is 24.4 Å². The summed E-state index contributed by atoms with van der Waals surface area (Å²) >= 11 is 1.43. The summed E-state index contributed by atoms with van der Waals surface area (Å²) in [5, 5.41) is 5.58. The lowest BCUT2D eigenvalue weighted by Crippen LogP contribution is -2.38. The molecule has 1 N–H and O–H groups in total. The van der Waals surface area contributed by atoms with Crippen LogP contribution < -0.4 is 14.8 Å². The number of esters is 1. The van der Waals surface area contributed by atoms with Gasteiger partial charge in [0.05, 0.1) is 38.0 Å². The second-order valence-corrected chi connectivity index (χ2v) is 10.2. The topological polar surface area (TPSA) is 89.5 Å². The Balaban J connectivity index is 1.73. The van der Waals surface area contributed by atoms with E-state index in [-0.39, 0.29) is 18.9 Å². The highest BCUT2D eigenvalue weighted by Gasteiger charge is 2.42. The van der Waals surface area contributed by atoms with Crippen molar-refractivity contribution in [1.29, 1.82) is 0 Å². The molecule has 8 nitrogen and oxygen atoms in total. The van der Waals surface area contributed by atoms with Crippen molar-refractivity contribution in [2.45, 2.75) is 39.8 Å². The van der Waals surface area contributed by atoms with Crippen LogP contribution in [0.4, 0.5) is 0 Å². The molecular weight excluding hydrogens is 502 g/mol. The van der Waals surface area contributed by atoms with E-state index in [1.165, 1.54) is 11.8 Å². The fraction of sp³-hybridized carbons (Fsp3) is 0.345. The van der Waals surface area contributed by atoms with Gasteiger partial charge in [-0.15, -0.1) is 0 Å². The molecule has 2 heterocycles. The third kappa shape index (κ3) is 5.88. The third-order valence-corrected chi connectivity index (χ3v) is 7.10. The van der Waals surface area contributed by atoms with Crippen LogP contribution >= 0.6 is 11.8 Å². The maximum Gasteiger partial charge on any atom is 0.338 e. The highest BCUT2D eigenvalue weighted by atomic mass is 32.2. The normalized spacial score (nSPS) is 16.6. The van der Waals surface area contributed by atoms with Crippen LogP contribution in [0.2, 0.25) is 0 Å². The lowest BCUT2D eigenvalue weighted by atomic mass is 9.92. The van der Waals surface area contributed by atoms with Gasteiger partial charge in [-0.3, -0.25) is 4.79 Å². The number of hydrogen-bond donors (Lipinski definition) is 1. The largest absolute Gasteiger partial charge is 0.493 e. The molecule has 0 radical (unpaired) electrons. The summed E-state index contributed by atoms with van der Waals surface area (Å²) in [6, 6.07) is 14.4. The molecule has 2 aliphatic heterocycles. The number of amidine groups is 1. The zero-order valence-electron chi connectivity index (χ0n) is 22.3. The number of amides is 1. The van der Waals surface area contributed by atoms with Gasteiger partial charge in [-0.2, -0.15) is 0 Å². The van der Waals surface area contributed by atoms with Crippen molar-refractivity contribution < 1.29 is 23.8 Å². The molecule has 0 saturated carbocycles. The standard InChI is InChI=1S/C29H33N3O5S/c1-18(2)15-30-24(33)14-21-17-38-29-31-19(3)25(28(34)37-16-20-10-7-6-8-11-20)26(32(21)29)22-12-9-13-23(35-4)27(22)36-5/h6-13,17-18,26H,14-16H2,1-5H3,(H,30,33)/t26-/m0/s1. The molecule has 0 aromatic heterocycles. The number of benzene rings is 2. The van der Waals surface area contributed by atoms with E-state index in [1.807, 2.05) is 66.6 Å². The fourth-order valence-corrected chi connectivity index (χ4v) is 5.36. The Bertz CT molecular complexity index is 1290. The van der Waals surface area contributed by atoms with Gasteiger partial charge in [0.25, 0.3) is 0 Å².